The molecule has 0 radical (unpaired) electrons. The molecule has 0 spiro atoms. The molecule has 0 aliphatic heterocycles. The van der Waals surface area contributed by atoms with Crippen LogP contribution in [0.1, 0.15) is 26.7 Å². The van der Waals surface area contributed by atoms with Gasteiger partial charge in [0.2, 0.25) is 0 Å². The van der Waals surface area contributed by atoms with Gasteiger partial charge in [-0.15, -0.1) is 0 Å². The van der Waals surface area contributed by atoms with Gasteiger partial charge in [-0.05, 0) is 38.0 Å². The molecule has 0 heterocycles. The van der Waals surface area contributed by atoms with Gasteiger partial charge >= 0.3 is 0 Å². The molecular formula is C20H26ClN2P. The molecule has 4 heteroatoms. The van der Waals surface area contributed by atoms with E-state index in [9.17, 15) is 0 Å². The van der Waals surface area contributed by atoms with E-state index in [1.54, 1.807) is 0 Å². The van der Waals surface area contributed by atoms with Crippen molar-refractivity contribution in [3.63, 3.8) is 0 Å². The van der Waals surface area contributed by atoms with Crippen LogP contribution in [0.15, 0.2) is 88.1 Å². The van der Waals surface area contributed by atoms with Gasteiger partial charge in [-0.25, -0.2) is 0 Å². The normalized spacial score (nSPS) is 15.8. The number of hydrogen-bond donors (Lipinski definition) is 1. The van der Waals surface area contributed by atoms with Crippen molar-refractivity contribution in [1.29, 1.82) is 0 Å². The van der Waals surface area contributed by atoms with Gasteiger partial charge in [0.05, 0.1) is 6.54 Å². The van der Waals surface area contributed by atoms with Crippen LogP contribution in [0.4, 0.5) is 0 Å². The number of aliphatic imine (C=N–C) groups is 1. The summed E-state index contributed by atoms with van der Waals surface area (Å²) in [6.07, 6.45) is 15.6. The number of rotatable bonds is 7. The lowest BCUT2D eigenvalue weighted by Gasteiger charge is -2.07. The van der Waals surface area contributed by atoms with Gasteiger partial charge in [0.15, 0.2) is 0 Å². The molecule has 0 saturated carbocycles. The standard InChI is InChI=1S/C20H26ClN2P/c1-5-19(12-9-16(4)13-15(2)3)23-20(24)22-14-17-7-6-8-18(21)11-10-17/h5-7,9-12H,2,4,8,13-14,24H2,1,3H3,(H,22,23)/b12-9-,19-5+. The highest BCUT2D eigenvalue weighted by atomic mass is 35.5. The van der Waals surface area contributed by atoms with Crippen molar-refractivity contribution in [1.82, 2.24) is 5.32 Å². The van der Waals surface area contributed by atoms with Crippen LogP contribution in [-0.2, 0) is 0 Å². The predicted octanol–water partition coefficient (Wildman–Crippen LogP) is 5.80. The lowest BCUT2D eigenvalue weighted by molar-refractivity contribution is 1.11. The maximum absolute atomic E-state index is 6.01. The Kier molecular flexibility index (Phi) is 9.37. The van der Waals surface area contributed by atoms with Crippen LogP contribution >= 0.6 is 20.8 Å². The summed E-state index contributed by atoms with van der Waals surface area (Å²) in [4.78, 5) is 4.54. The molecule has 128 valence electrons. The second-order valence-corrected chi connectivity index (χ2v) is 6.69. The summed E-state index contributed by atoms with van der Waals surface area (Å²) < 4.78 is 0. The molecule has 1 atom stereocenters. The minimum atomic E-state index is 0.603. The quantitative estimate of drug-likeness (QED) is 0.200. The molecule has 1 N–H and O–H groups in total. The Morgan fingerprint density at radius 3 is 2.79 bits per heavy atom. The van der Waals surface area contributed by atoms with Gasteiger partial charge in [0.25, 0.3) is 0 Å². The second kappa shape index (κ2) is 11.0. The summed E-state index contributed by atoms with van der Waals surface area (Å²) >= 11 is 6.01. The molecule has 0 saturated heterocycles. The first-order valence-electron chi connectivity index (χ1n) is 7.86. The highest BCUT2D eigenvalue weighted by Crippen LogP contribution is 2.14. The monoisotopic (exact) mass is 360 g/mol. The fourth-order valence-corrected chi connectivity index (χ4v) is 2.39. The van der Waals surface area contributed by atoms with E-state index in [-0.39, 0.29) is 0 Å². The first kappa shape index (κ1) is 20.4. The van der Waals surface area contributed by atoms with E-state index in [4.69, 9.17) is 11.6 Å². The molecular weight excluding hydrogens is 335 g/mol. The minimum Gasteiger partial charge on any atom is -0.341 e. The summed E-state index contributed by atoms with van der Waals surface area (Å²) in [5.41, 5.74) is 5.02. The van der Waals surface area contributed by atoms with Crippen LogP contribution in [0.3, 0.4) is 0 Å². The summed E-state index contributed by atoms with van der Waals surface area (Å²) in [6.45, 7) is 12.5. The molecule has 2 nitrogen and oxygen atoms in total. The molecule has 1 unspecified atom stereocenters. The molecule has 1 aliphatic rings. The average molecular weight is 361 g/mol. The number of nitrogens with zero attached hydrogens (tertiary/aromatic N) is 1. The zero-order valence-electron chi connectivity index (χ0n) is 14.5. The van der Waals surface area contributed by atoms with E-state index in [2.05, 4.69) is 44.9 Å². The fraction of sp³-hybridized carbons (Fsp3) is 0.250. The van der Waals surface area contributed by atoms with Crippen molar-refractivity contribution < 1.29 is 0 Å². The Labute approximate surface area is 153 Å². The van der Waals surface area contributed by atoms with Gasteiger partial charge in [0.1, 0.15) is 5.58 Å². The average Bonchev–Trinajstić information content (AvgIpc) is 2.73. The Morgan fingerprint density at radius 1 is 1.38 bits per heavy atom. The van der Waals surface area contributed by atoms with Crippen molar-refractivity contribution in [2.75, 3.05) is 6.54 Å². The van der Waals surface area contributed by atoms with E-state index < -0.39 is 0 Å². The zero-order chi connectivity index (χ0) is 17.9. The molecule has 0 fully saturated rings. The molecule has 0 aromatic rings. The smallest absolute Gasteiger partial charge is 0.118 e. The molecule has 24 heavy (non-hydrogen) atoms. The van der Waals surface area contributed by atoms with Crippen LogP contribution in [0.5, 0.6) is 0 Å². The highest BCUT2D eigenvalue weighted by molar-refractivity contribution is 7.40. The SMILES string of the molecule is C=C(C)CC(=C)/C=C\C(=C/C)NC(P)=NCC1=CC=C(Cl)CC=C1. The summed E-state index contributed by atoms with van der Waals surface area (Å²) in [7, 11) is 2.63. The molecule has 0 amide bonds. The number of hydrogen-bond acceptors (Lipinski definition) is 1. The summed E-state index contributed by atoms with van der Waals surface area (Å²) in [5.74, 6) is 0. The van der Waals surface area contributed by atoms with Crippen LogP contribution in [0.2, 0.25) is 0 Å². The van der Waals surface area contributed by atoms with Crippen molar-refractivity contribution in [3.05, 3.63) is 83.1 Å². The Hall–Kier alpha value is -1.63. The van der Waals surface area contributed by atoms with Gasteiger partial charge in [-0.3, -0.25) is 4.99 Å². The molecule has 1 rings (SSSR count). The van der Waals surface area contributed by atoms with Gasteiger partial charge in [0, 0.05) is 17.2 Å². The van der Waals surface area contributed by atoms with Crippen LogP contribution in [0.25, 0.3) is 0 Å². The van der Waals surface area contributed by atoms with Gasteiger partial charge < -0.3 is 5.32 Å². The maximum atomic E-state index is 6.01. The minimum absolute atomic E-state index is 0.603. The topological polar surface area (TPSA) is 24.4 Å². The van der Waals surface area contributed by atoms with Crippen molar-refractivity contribution in [2.24, 2.45) is 4.99 Å². The summed E-state index contributed by atoms with van der Waals surface area (Å²) in [6, 6.07) is 0. The van der Waals surface area contributed by atoms with E-state index in [0.717, 1.165) is 45.9 Å². The highest BCUT2D eigenvalue weighted by Gasteiger charge is 1.98. The molecule has 0 bridgehead atoms. The van der Waals surface area contributed by atoms with E-state index in [0.29, 0.717) is 6.54 Å². The summed E-state index contributed by atoms with van der Waals surface area (Å²) in [5, 5.41) is 4.11. The third-order valence-corrected chi connectivity index (χ3v) is 3.77. The Balaban J connectivity index is 2.61. The largest absolute Gasteiger partial charge is 0.341 e. The lowest BCUT2D eigenvalue weighted by Crippen LogP contribution is -2.16. The van der Waals surface area contributed by atoms with Crippen molar-refractivity contribution in [3.8, 4) is 0 Å². The van der Waals surface area contributed by atoms with Gasteiger partial charge in [-0.2, -0.15) is 0 Å². The first-order valence-corrected chi connectivity index (χ1v) is 8.81. The van der Waals surface area contributed by atoms with Crippen LogP contribution in [0, 0.1) is 0 Å². The number of nitrogens with one attached hydrogen (secondary N) is 1. The number of allylic oxidation sites excluding steroid dienone is 9. The maximum Gasteiger partial charge on any atom is 0.118 e. The van der Waals surface area contributed by atoms with E-state index >= 15 is 0 Å². The van der Waals surface area contributed by atoms with Crippen LogP contribution < -0.4 is 5.32 Å². The van der Waals surface area contributed by atoms with Crippen molar-refractivity contribution in [2.45, 2.75) is 26.7 Å². The lowest BCUT2D eigenvalue weighted by atomic mass is 10.1. The van der Waals surface area contributed by atoms with Gasteiger partial charge in [-0.1, -0.05) is 75.5 Å². The molecule has 1 aliphatic carbocycles. The number of halogens is 1. The Bertz CT molecular complexity index is 661. The third-order valence-electron chi connectivity index (χ3n) is 3.17. The molecule has 0 aromatic carbocycles. The van der Waals surface area contributed by atoms with E-state index in [1.807, 2.05) is 44.2 Å². The predicted molar refractivity (Wildman–Crippen MR) is 112 cm³/mol. The zero-order valence-corrected chi connectivity index (χ0v) is 16.4. The number of amidine groups is 1. The van der Waals surface area contributed by atoms with Crippen molar-refractivity contribution >= 4 is 26.4 Å². The Morgan fingerprint density at radius 2 is 2.12 bits per heavy atom. The fourth-order valence-electron chi connectivity index (χ4n) is 1.98. The van der Waals surface area contributed by atoms with Crippen LogP contribution in [-0.4, -0.2) is 12.1 Å². The first-order chi connectivity index (χ1) is 11.4. The second-order valence-electron chi connectivity index (χ2n) is 5.66. The third kappa shape index (κ3) is 8.86. The molecule has 0 aromatic heterocycles. The van der Waals surface area contributed by atoms with E-state index in [1.165, 1.54) is 0 Å².